The summed E-state index contributed by atoms with van der Waals surface area (Å²) in [6, 6.07) is 12.2. The van der Waals surface area contributed by atoms with Gasteiger partial charge in [0.2, 0.25) is 0 Å². The van der Waals surface area contributed by atoms with Gasteiger partial charge in [-0.25, -0.2) is 0 Å². The second kappa shape index (κ2) is 9.03. The summed E-state index contributed by atoms with van der Waals surface area (Å²) in [5.41, 5.74) is 0. The molecule has 0 spiro atoms. The second-order valence-corrected chi connectivity index (χ2v) is 8.74. The number of rotatable bonds is 8. The molecule has 0 saturated heterocycles. The van der Waals surface area contributed by atoms with E-state index in [1.54, 1.807) is 0 Å². The molecule has 0 unspecified atom stereocenters. The molecule has 0 aliphatic rings. The van der Waals surface area contributed by atoms with Gasteiger partial charge in [-0.1, -0.05) is 0 Å². The van der Waals surface area contributed by atoms with E-state index in [1.165, 1.54) is 0 Å². The van der Waals surface area contributed by atoms with Gasteiger partial charge in [0.15, 0.2) is 0 Å². The Kier molecular flexibility index (Phi) is 6.64. The molecule has 0 atom stereocenters. The van der Waals surface area contributed by atoms with Crippen LogP contribution in [0.2, 0.25) is 0 Å². The summed E-state index contributed by atoms with van der Waals surface area (Å²) in [5.74, 6) is 3.33. The highest BCUT2D eigenvalue weighted by Gasteiger charge is 2.20. The van der Waals surface area contributed by atoms with Crippen molar-refractivity contribution in [1.82, 2.24) is 0 Å². The van der Waals surface area contributed by atoms with E-state index in [0.717, 1.165) is 44.5 Å². The standard InChI is InChI=1S/C26H34O4/c1-15(2)27-19-9-11-21-23(13-19)25(29-17(5)6)22-12-10-20(28-16(3)4)14-24(22)26(21)30-18(7)8/h9-18H,1-8H3. The summed E-state index contributed by atoms with van der Waals surface area (Å²) in [4.78, 5) is 0. The molecule has 0 saturated carbocycles. The molecule has 0 aromatic heterocycles. The van der Waals surface area contributed by atoms with Crippen LogP contribution < -0.4 is 18.9 Å². The smallest absolute Gasteiger partial charge is 0.135 e. The Bertz CT molecular complexity index is 935. The van der Waals surface area contributed by atoms with Crippen molar-refractivity contribution in [3.63, 3.8) is 0 Å². The van der Waals surface area contributed by atoms with Crippen molar-refractivity contribution in [1.29, 1.82) is 0 Å². The van der Waals surface area contributed by atoms with Gasteiger partial charge in [0.25, 0.3) is 0 Å². The molecule has 162 valence electrons. The molecule has 4 nitrogen and oxygen atoms in total. The summed E-state index contributed by atoms with van der Waals surface area (Å²) in [7, 11) is 0. The highest BCUT2D eigenvalue weighted by molar-refractivity contribution is 6.11. The van der Waals surface area contributed by atoms with Crippen molar-refractivity contribution >= 4 is 21.5 Å². The number of benzene rings is 3. The first-order valence-corrected chi connectivity index (χ1v) is 10.9. The van der Waals surface area contributed by atoms with Crippen LogP contribution in [0.15, 0.2) is 36.4 Å². The minimum atomic E-state index is 0.0366. The largest absolute Gasteiger partial charge is 0.491 e. The van der Waals surface area contributed by atoms with E-state index in [9.17, 15) is 0 Å². The Labute approximate surface area is 180 Å². The van der Waals surface area contributed by atoms with Crippen LogP contribution in [0, 0.1) is 0 Å². The third-order valence-corrected chi connectivity index (χ3v) is 4.41. The van der Waals surface area contributed by atoms with E-state index >= 15 is 0 Å². The third kappa shape index (κ3) is 4.92. The molecule has 0 aliphatic carbocycles. The fourth-order valence-electron chi connectivity index (χ4n) is 3.52. The van der Waals surface area contributed by atoms with Gasteiger partial charge >= 0.3 is 0 Å². The van der Waals surface area contributed by atoms with Gasteiger partial charge in [-0.3, -0.25) is 0 Å². The van der Waals surface area contributed by atoms with Crippen LogP contribution in [0.4, 0.5) is 0 Å². The summed E-state index contributed by atoms with van der Waals surface area (Å²) >= 11 is 0. The van der Waals surface area contributed by atoms with Crippen molar-refractivity contribution in [2.75, 3.05) is 0 Å². The van der Waals surface area contributed by atoms with E-state index in [4.69, 9.17) is 18.9 Å². The highest BCUT2D eigenvalue weighted by atomic mass is 16.5. The normalized spacial score (nSPS) is 11.9. The Morgan fingerprint density at radius 1 is 0.433 bits per heavy atom. The zero-order valence-electron chi connectivity index (χ0n) is 19.4. The van der Waals surface area contributed by atoms with Crippen molar-refractivity contribution in [2.45, 2.75) is 79.8 Å². The predicted molar refractivity (Wildman–Crippen MR) is 125 cm³/mol. The number of fused-ring (bicyclic) bond motifs is 2. The average Bonchev–Trinajstić information content (AvgIpc) is 2.62. The maximum Gasteiger partial charge on any atom is 0.135 e. The van der Waals surface area contributed by atoms with E-state index in [-0.39, 0.29) is 24.4 Å². The summed E-state index contributed by atoms with van der Waals surface area (Å²) in [6.07, 6.45) is 0.267. The number of ether oxygens (including phenoxy) is 4. The minimum absolute atomic E-state index is 0.0366. The lowest BCUT2D eigenvalue weighted by molar-refractivity contribution is 0.238. The van der Waals surface area contributed by atoms with Crippen molar-refractivity contribution in [2.24, 2.45) is 0 Å². The first-order valence-electron chi connectivity index (χ1n) is 10.9. The van der Waals surface area contributed by atoms with Gasteiger partial charge in [-0.15, -0.1) is 0 Å². The molecule has 3 aromatic rings. The highest BCUT2D eigenvalue weighted by Crippen LogP contribution is 2.46. The summed E-state index contributed by atoms with van der Waals surface area (Å²) in [6.45, 7) is 16.3. The van der Waals surface area contributed by atoms with Crippen LogP contribution in [0.25, 0.3) is 21.5 Å². The maximum atomic E-state index is 6.33. The number of hydrogen-bond donors (Lipinski definition) is 0. The van der Waals surface area contributed by atoms with Crippen molar-refractivity contribution in [3.8, 4) is 23.0 Å². The third-order valence-electron chi connectivity index (χ3n) is 4.41. The van der Waals surface area contributed by atoms with Gasteiger partial charge in [0, 0.05) is 21.5 Å². The second-order valence-electron chi connectivity index (χ2n) is 8.74. The molecule has 0 bridgehead atoms. The molecule has 0 N–H and O–H groups in total. The van der Waals surface area contributed by atoms with Gasteiger partial charge in [0.1, 0.15) is 23.0 Å². The van der Waals surface area contributed by atoms with Crippen LogP contribution in [0.5, 0.6) is 23.0 Å². The van der Waals surface area contributed by atoms with Crippen molar-refractivity contribution in [3.05, 3.63) is 36.4 Å². The first-order chi connectivity index (χ1) is 14.2. The van der Waals surface area contributed by atoms with Crippen LogP contribution in [-0.2, 0) is 0 Å². The summed E-state index contributed by atoms with van der Waals surface area (Å²) in [5, 5.41) is 3.99. The van der Waals surface area contributed by atoms with E-state index in [2.05, 4.69) is 24.3 Å². The van der Waals surface area contributed by atoms with Gasteiger partial charge < -0.3 is 18.9 Å². The molecule has 3 rings (SSSR count). The average molecular weight is 411 g/mol. The van der Waals surface area contributed by atoms with Crippen LogP contribution in [-0.4, -0.2) is 24.4 Å². The van der Waals surface area contributed by atoms with Crippen LogP contribution >= 0.6 is 0 Å². The Morgan fingerprint density at radius 2 is 0.767 bits per heavy atom. The molecule has 30 heavy (non-hydrogen) atoms. The van der Waals surface area contributed by atoms with E-state index in [0.29, 0.717) is 0 Å². The number of hydrogen-bond acceptors (Lipinski definition) is 4. The van der Waals surface area contributed by atoms with E-state index < -0.39 is 0 Å². The van der Waals surface area contributed by atoms with Gasteiger partial charge in [-0.05, 0) is 91.8 Å². The fourth-order valence-corrected chi connectivity index (χ4v) is 3.52. The first kappa shape index (κ1) is 22.1. The van der Waals surface area contributed by atoms with Gasteiger partial charge in [0.05, 0.1) is 24.4 Å². The Morgan fingerprint density at radius 3 is 1.07 bits per heavy atom. The molecular formula is C26H34O4. The molecule has 0 radical (unpaired) electrons. The van der Waals surface area contributed by atoms with Crippen molar-refractivity contribution < 1.29 is 18.9 Å². The lowest BCUT2D eigenvalue weighted by Crippen LogP contribution is -2.10. The maximum absolute atomic E-state index is 6.33. The van der Waals surface area contributed by atoms with Gasteiger partial charge in [-0.2, -0.15) is 0 Å². The molecule has 0 aliphatic heterocycles. The quantitative estimate of drug-likeness (QED) is 0.370. The zero-order valence-corrected chi connectivity index (χ0v) is 19.4. The predicted octanol–water partition coefficient (Wildman–Crippen LogP) is 7.14. The lowest BCUT2D eigenvalue weighted by atomic mass is 9.99. The van der Waals surface area contributed by atoms with Crippen LogP contribution in [0.3, 0.4) is 0 Å². The molecule has 3 aromatic carbocycles. The lowest BCUT2D eigenvalue weighted by Gasteiger charge is -2.22. The summed E-state index contributed by atoms with van der Waals surface area (Å²) < 4.78 is 24.6. The fraction of sp³-hybridized carbons (Fsp3) is 0.462. The molecule has 4 heteroatoms. The Balaban J connectivity index is 2.36. The molecule has 0 fully saturated rings. The van der Waals surface area contributed by atoms with E-state index in [1.807, 2.05) is 67.5 Å². The monoisotopic (exact) mass is 410 g/mol. The van der Waals surface area contributed by atoms with Crippen LogP contribution in [0.1, 0.15) is 55.4 Å². The Hall–Kier alpha value is -2.62. The SMILES string of the molecule is CC(C)Oc1ccc2c(OC(C)C)c3cc(OC(C)C)ccc3c(OC(C)C)c2c1. The molecule has 0 heterocycles. The molecular weight excluding hydrogens is 376 g/mol. The zero-order chi connectivity index (χ0) is 22.0. The molecule has 0 amide bonds. The minimum Gasteiger partial charge on any atom is -0.491 e. The topological polar surface area (TPSA) is 36.9 Å².